The minimum absolute atomic E-state index is 0.342. The number of hydrogen-bond donors (Lipinski definition) is 1. The number of rotatable bonds is 1. The second kappa shape index (κ2) is 2.93. The molecule has 0 radical (unpaired) electrons. The predicted molar refractivity (Wildman–Crippen MR) is 46.4 cm³/mol. The number of aromatic nitrogens is 4. The van der Waals surface area contributed by atoms with E-state index in [0.717, 1.165) is 0 Å². The first kappa shape index (κ1) is 8.40. The SMILES string of the molecule is C[C@H](O)c1nnc2ccc(Cl)nn12. The number of aliphatic hydroxyl groups excluding tert-OH is 1. The average molecular weight is 199 g/mol. The van der Waals surface area contributed by atoms with Crippen LogP contribution in [0.1, 0.15) is 18.9 Å². The van der Waals surface area contributed by atoms with E-state index in [2.05, 4.69) is 15.3 Å². The Labute approximate surface area is 79.0 Å². The van der Waals surface area contributed by atoms with E-state index in [4.69, 9.17) is 11.6 Å². The Bertz CT molecular complexity index is 439. The molecule has 1 N–H and O–H groups in total. The van der Waals surface area contributed by atoms with Gasteiger partial charge in [0.2, 0.25) is 0 Å². The third-order valence-electron chi connectivity index (χ3n) is 1.63. The summed E-state index contributed by atoms with van der Waals surface area (Å²) in [6.45, 7) is 1.60. The van der Waals surface area contributed by atoms with Crippen molar-refractivity contribution >= 4 is 17.2 Å². The predicted octanol–water partition coefficient (Wildman–Crippen LogP) is 0.831. The van der Waals surface area contributed by atoms with Gasteiger partial charge < -0.3 is 5.11 Å². The zero-order chi connectivity index (χ0) is 9.42. The van der Waals surface area contributed by atoms with Gasteiger partial charge in [-0.1, -0.05) is 11.6 Å². The van der Waals surface area contributed by atoms with Crippen molar-refractivity contribution in [3.63, 3.8) is 0 Å². The maximum absolute atomic E-state index is 9.30. The monoisotopic (exact) mass is 198 g/mol. The van der Waals surface area contributed by atoms with Crippen molar-refractivity contribution in [2.24, 2.45) is 0 Å². The van der Waals surface area contributed by atoms with Crippen molar-refractivity contribution in [1.29, 1.82) is 0 Å². The van der Waals surface area contributed by atoms with E-state index in [-0.39, 0.29) is 0 Å². The van der Waals surface area contributed by atoms with Crippen LogP contribution >= 0.6 is 11.6 Å². The van der Waals surface area contributed by atoms with Crippen LogP contribution in [0.3, 0.4) is 0 Å². The summed E-state index contributed by atoms with van der Waals surface area (Å²) in [4.78, 5) is 0. The van der Waals surface area contributed by atoms with Crippen LogP contribution in [0.25, 0.3) is 5.65 Å². The summed E-state index contributed by atoms with van der Waals surface area (Å²) in [6, 6.07) is 3.31. The normalized spacial score (nSPS) is 13.5. The molecule has 2 aromatic heterocycles. The van der Waals surface area contributed by atoms with Crippen LogP contribution < -0.4 is 0 Å². The number of fused-ring (bicyclic) bond motifs is 1. The molecule has 0 saturated heterocycles. The van der Waals surface area contributed by atoms with Gasteiger partial charge in [-0.15, -0.1) is 10.2 Å². The average Bonchev–Trinajstić information content (AvgIpc) is 2.46. The Morgan fingerprint density at radius 3 is 2.92 bits per heavy atom. The lowest BCUT2D eigenvalue weighted by molar-refractivity contribution is 0.186. The molecule has 0 amide bonds. The molecule has 13 heavy (non-hydrogen) atoms. The molecule has 6 heteroatoms. The van der Waals surface area contributed by atoms with E-state index in [1.807, 2.05) is 0 Å². The fourth-order valence-corrected chi connectivity index (χ4v) is 1.18. The summed E-state index contributed by atoms with van der Waals surface area (Å²) >= 11 is 5.68. The van der Waals surface area contributed by atoms with Crippen LogP contribution in [0.5, 0.6) is 0 Å². The van der Waals surface area contributed by atoms with Crippen LogP contribution in [0.4, 0.5) is 0 Å². The highest BCUT2D eigenvalue weighted by Crippen LogP contribution is 2.12. The minimum atomic E-state index is -0.707. The second-order valence-electron chi connectivity index (χ2n) is 2.66. The summed E-state index contributed by atoms with van der Waals surface area (Å²) < 4.78 is 1.42. The maximum atomic E-state index is 9.30. The standard InChI is InChI=1S/C7H7ClN4O/c1-4(13)7-10-9-6-3-2-5(8)11-12(6)7/h2-4,13H,1H3/t4-/m0/s1. The maximum Gasteiger partial charge on any atom is 0.183 e. The van der Waals surface area contributed by atoms with E-state index in [1.165, 1.54) is 4.52 Å². The molecule has 2 heterocycles. The molecule has 0 spiro atoms. The van der Waals surface area contributed by atoms with E-state index in [1.54, 1.807) is 19.1 Å². The molecule has 5 nitrogen and oxygen atoms in total. The second-order valence-corrected chi connectivity index (χ2v) is 3.05. The molecule has 0 bridgehead atoms. The molecule has 0 aliphatic heterocycles. The van der Waals surface area contributed by atoms with Crippen LogP contribution in [-0.2, 0) is 0 Å². The Hall–Kier alpha value is -1.20. The first-order chi connectivity index (χ1) is 6.18. The third kappa shape index (κ3) is 1.36. The number of aliphatic hydroxyl groups is 1. The quantitative estimate of drug-likeness (QED) is 0.737. The van der Waals surface area contributed by atoms with Gasteiger partial charge in [0.1, 0.15) is 11.3 Å². The highest BCUT2D eigenvalue weighted by Gasteiger charge is 2.11. The van der Waals surface area contributed by atoms with E-state index < -0.39 is 6.10 Å². The summed E-state index contributed by atoms with van der Waals surface area (Å²) in [5.74, 6) is 0.387. The van der Waals surface area contributed by atoms with Gasteiger partial charge in [0.05, 0.1) is 0 Å². The Kier molecular flexibility index (Phi) is 1.90. The van der Waals surface area contributed by atoms with Gasteiger partial charge in [-0.2, -0.15) is 9.61 Å². The van der Waals surface area contributed by atoms with Crippen LogP contribution in [-0.4, -0.2) is 24.9 Å². The summed E-state index contributed by atoms with van der Waals surface area (Å²) in [7, 11) is 0. The van der Waals surface area contributed by atoms with Crippen LogP contribution in [0, 0.1) is 0 Å². The van der Waals surface area contributed by atoms with E-state index >= 15 is 0 Å². The summed E-state index contributed by atoms with van der Waals surface area (Å²) in [6.07, 6.45) is -0.707. The van der Waals surface area contributed by atoms with Crippen molar-refractivity contribution in [2.75, 3.05) is 0 Å². The van der Waals surface area contributed by atoms with Crippen molar-refractivity contribution in [1.82, 2.24) is 19.8 Å². The molecule has 68 valence electrons. The lowest BCUT2D eigenvalue weighted by atomic mass is 10.4. The van der Waals surface area contributed by atoms with E-state index in [9.17, 15) is 5.11 Å². The zero-order valence-corrected chi connectivity index (χ0v) is 7.60. The largest absolute Gasteiger partial charge is 0.385 e. The van der Waals surface area contributed by atoms with Crippen LogP contribution in [0.15, 0.2) is 12.1 Å². The third-order valence-corrected chi connectivity index (χ3v) is 1.83. The number of hydrogen-bond acceptors (Lipinski definition) is 4. The topological polar surface area (TPSA) is 63.3 Å². The van der Waals surface area contributed by atoms with Crippen molar-refractivity contribution in [2.45, 2.75) is 13.0 Å². The zero-order valence-electron chi connectivity index (χ0n) is 6.85. The molecule has 0 aliphatic rings. The molecular weight excluding hydrogens is 192 g/mol. The number of nitrogens with zero attached hydrogens (tertiary/aromatic N) is 4. The molecule has 0 saturated carbocycles. The fourth-order valence-electron chi connectivity index (χ4n) is 1.04. The lowest BCUT2D eigenvalue weighted by Crippen LogP contribution is -2.02. The molecule has 0 aliphatic carbocycles. The molecular formula is C7H7ClN4O. The Morgan fingerprint density at radius 1 is 1.46 bits per heavy atom. The van der Waals surface area contributed by atoms with Gasteiger partial charge in [-0.3, -0.25) is 0 Å². The smallest absolute Gasteiger partial charge is 0.183 e. The molecule has 2 aromatic rings. The molecule has 0 aromatic carbocycles. The minimum Gasteiger partial charge on any atom is -0.385 e. The Morgan fingerprint density at radius 2 is 2.23 bits per heavy atom. The van der Waals surface area contributed by atoms with Crippen molar-refractivity contribution in [3.05, 3.63) is 23.1 Å². The van der Waals surface area contributed by atoms with Gasteiger partial charge >= 0.3 is 0 Å². The highest BCUT2D eigenvalue weighted by atomic mass is 35.5. The van der Waals surface area contributed by atoms with Gasteiger partial charge in [-0.05, 0) is 19.1 Å². The van der Waals surface area contributed by atoms with Gasteiger partial charge in [0, 0.05) is 0 Å². The molecule has 0 fully saturated rings. The first-order valence-corrected chi connectivity index (χ1v) is 4.12. The molecule has 1 atom stereocenters. The van der Waals surface area contributed by atoms with Gasteiger partial charge in [0.15, 0.2) is 11.5 Å². The summed E-state index contributed by atoms with van der Waals surface area (Å²) in [5, 5.41) is 21.2. The van der Waals surface area contributed by atoms with Gasteiger partial charge in [0.25, 0.3) is 0 Å². The molecule has 0 unspecified atom stereocenters. The highest BCUT2D eigenvalue weighted by molar-refractivity contribution is 6.29. The van der Waals surface area contributed by atoms with E-state index in [0.29, 0.717) is 16.6 Å². The number of halogens is 1. The molecule has 2 rings (SSSR count). The van der Waals surface area contributed by atoms with Crippen LogP contribution in [0.2, 0.25) is 5.15 Å². The van der Waals surface area contributed by atoms with Crippen molar-refractivity contribution < 1.29 is 5.11 Å². The Balaban J connectivity index is 2.71. The van der Waals surface area contributed by atoms with Crippen molar-refractivity contribution in [3.8, 4) is 0 Å². The first-order valence-electron chi connectivity index (χ1n) is 3.74. The fraction of sp³-hybridized carbons (Fsp3) is 0.286. The lowest BCUT2D eigenvalue weighted by Gasteiger charge is -1.99. The summed E-state index contributed by atoms with van der Waals surface area (Å²) in [5.41, 5.74) is 0.570. The van der Waals surface area contributed by atoms with Gasteiger partial charge in [-0.25, -0.2) is 0 Å².